The summed E-state index contributed by atoms with van der Waals surface area (Å²) in [5.74, 6) is 1.92. The number of hydrogen-bond donors (Lipinski definition) is 2. The number of rotatable bonds is 8. The van der Waals surface area contributed by atoms with Crippen molar-refractivity contribution < 1.29 is 9.53 Å². The smallest absolute Gasteiger partial charge is 0.222 e. The van der Waals surface area contributed by atoms with E-state index in [1.165, 1.54) is 6.42 Å². The van der Waals surface area contributed by atoms with E-state index >= 15 is 0 Å². The average molecular weight is 567 g/mol. The molecular formula is C20H32BrIN4O2. The monoisotopic (exact) mass is 566 g/mol. The Morgan fingerprint density at radius 2 is 2.11 bits per heavy atom. The normalized spacial score (nSPS) is 14.9. The van der Waals surface area contributed by atoms with Crippen molar-refractivity contribution in [1.82, 2.24) is 15.5 Å². The summed E-state index contributed by atoms with van der Waals surface area (Å²) in [7, 11) is 1.66. The van der Waals surface area contributed by atoms with Crippen LogP contribution in [0, 0.1) is 0 Å². The molecule has 0 atom stereocenters. The van der Waals surface area contributed by atoms with Crippen molar-refractivity contribution in [1.29, 1.82) is 0 Å². The molecule has 1 aromatic carbocycles. The summed E-state index contributed by atoms with van der Waals surface area (Å²) in [6, 6.07) is 5.98. The first-order valence-electron chi connectivity index (χ1n) is 9.76. The first-order chi connectivity index (χ1) is 13.1. The number of ether oxygens (including phenoxy) is 1. The van der Waals surface area contributed by atoms with Gasteiger partial charge in [-0.05, 0) is 59.8 Å². The lowest BCUT2D eigenvalue weighted by atomic mass is 10.2. The van der Waals surface area contributed by atoms with E-state index in [0.29, 0.717) is 18.9 Å². The second-order valence-electron chi connectivity index (χ2n) is 6.64. The highest BCUT2D eigenvalue weighted by atomic mass is 127. The summed E-state index contributed by atoms with van der Waals surface area (Å²) in [5.41, 5.74) is 1.11. The zero-order chi connectivity index (χ0) is 19.5. The van der Waals surface area contributed by atoms with Gasteiger partial charge in [0.1, 0.15) is 5.75 Å². The number of nitrogens with zero attached hydrogens (tertiary/aromatic N) is 2. The maximum Gasteiger partial charge on any atom is 0.222 e. The van der Waals surface area contributed by atoms with Gasteiger partial charge in [-0.1, -0.05) is 12.5 Å². The molecule has 0 aromatic heterocycles. The van der Waals surface area contributed by atoms with Crippen LogP contribution < -0.4 is 15.4 Å². The number of amides is 1. The summed E-state index contributed by atoms with van der Waals surface area (Å²) in [6.07, 6.45) is 4.95. The molecule has 0 radical (unpaired) electrons. The van der Waals surface area contributed by atoms with Gasteiger partial charge in [-0.2, -0.15) is 0 Å². The van der Waals surface area contributed by atoms with E-state index in [9.17, 15) is 4.79 Å². The molecule has 0 saturated carbocycles. The highest BCUT2D eigenvalue weighted by Crippen LogP contribution is 2.25. The molecule has 1 heterocycles. The van der Waals surface area contributed by atoms with E-state index in [2.05, 4.69) is 38.5 Å². The molecular weight excluding hydrogens is 535 g/mol. The molecule has 158 valence electrons. The minimum Gasteiger partial charge on any atom is -0.496 e. The fourth-order valence-corrected chi connectivity index (χ4v) is 3.66. The predicted octanol–water partition coefficient (Wildman–Crippen LogP) is 3.92. The molecule has 1 amide bonds. The van der Waals surface area contributed by atoms with Gasteiger partial charge >= 0.3 is 0 Å². The largest absolute Gasteiger partial charge is 0.496 e. The number of carbonyl (C=O) groups excluding carboxylic acids is 1. The van der Waals surface area contributed by atoms with Crippen LogP contribution in [0.4, 0.5) is 0 Å². The first kappa shape index (κ1) is 25.0. The first-order valence-corrected chi connectivity index (χ1v) is 10.6. The van der Waals surface area contributed by atoms with Crippen molar-refractivity contribution in [3.63, 3.8) is 0 Å². The van der Waals surface area contributed by atoms with E-state index in [1.807, 2.05) is 23.1 Å². The molecule has 0 bridgehead atoms. The van der Waals surface area contributed by atoms with Crippen molar-refractivity contribution in [2.75, 3.05) is 33.3 Å². The van der Waals surface area contributed by atoms with Crippen LogP contribution in [0.25, 0.3) is 0 Å². The van der Waals surface area contributed by atoms with Crippen molar-refractivity contribution in [3.8, 4) is 5.75 Å². The van der Waals surface area contributed by atoms with Crippen LogP contribution in [-0.4, -0.2) is 50.1 Å². The Morgan fingerprint density at radius 1 is 1.29 bits per heavy atom. The summed E-state index contributed by atoms with van der Waals surface area (Å²) in [4.78, 5) is 18.7. The third kappa shape index (κ3) is 8.55. The Kier molecular flexibility index (Phi) is 12.5. The molecule has 0 aliphatic carbocycles. The van der Waals surface area contributed by atoms with Crippen LogP contribution in [0.5, 0.6) is 5.75 Å². The Morgan fingerprint density at radius 3 is 2.82 bits per heavy atom. The number of likely N-dealkylation sites (tertiary alicyclic amines) is 1. The molecule has 2 N–H and O–H groups in total. The second kappa shape index (κ2) is 14.0. The summed E-state index contributed by atoms with van der Waals surface area (Å²) < 4.78 is 6.19. The Labute approximate surface area is 194 Å². The topological polar surface area (TPSA) is 66.0 Å². The number of benzene rings is 1. The van der Waals surface area contributed by atoms with Gasteiger partial charge < -0.3 is 20.3 Å². The molecule has 0 unspecified atom stereocenters. The minimum absolute atomic E-state index is 0. The fourth-order valence-electron chi connectivity index (χ4n) is 3.07. The Balaban J connectivity index is 0.00000392. The van der Waals surface area contributed by atoms with Crippen molar-refractivity contribution >= 4 is 51.8 Å². The van der Waals surface area contributed by atoms with Crippen molar-refractivity contribution in [3.05, 3.63) is 28.2 Å². The predicted molar refractivity (Wildman–Crippen MR) is 129 cm³/mol. The number of methoxy groups -OCH3 is 1. The number of nitrogens with one attached hydrogen (secondary N) is 2. The van der Waals surface area contributed by atoms with Gasteiger partial charge in [-0.25, -0.2) is 4.99 Å². The summed E-state index contributed by atoms with van der Waals surface area (Å²) in [6.45, 7) is 5.96. The van der Waals surface area contributed by atoms with Crippen LogP contribution in [0.1, 0.15) is 44.6 Å². The van der Waals surface area contributed by atoms with Gasteiger partial charge in [0.25, 0.3) is 0 Å². The van der Waals surface area contributed by atoms with E-state index in [4.69, 9.17) is 4.74 Å². The molecule has 0 spiro atoms. The zero-order valence-corrected chi connectivity index (χ0v) is 20.7. The number of carbonyl (C=O) groups is 1. The average Bonchev–Trinajstić information content (AvgIpc) is 2.87. The van der Waals surface area contributed by atoms with Crippen LogP contribution in [0.2, 0.25) is 0 Å². The van der Waals surface area contributed by atoms with Crippen molar-refractivity contribution in [2.24, 2.45) is 4.99 Å². The van der Waals surface area contributed by atoms with Gasteiger partial charge in [0.2, 0.25) is 5.91 Å². The van der Waals surface area contributed by atoms with Crippen LogP contribution in [-0.2, 0) is 11.3 Å². The van der Waals surface area contributed by atoms with Gasteiger partial charge in [-0.15, -0.1) is 24.0 Å². The van der Waals surface area contributed by atoms with Gasteiger partial charge in [0.15, 0.2) is 5.96 Å². The highest BCUT2D eigenvalue weighted by Gasteiger charge is 2.15. The third-order valence-electron chi connectivity index (χ3n) is 4.55. The fraction of sp³-hybridized carbons (Fsp3) is 0.600. The summed E-state index contributed by atoms with van der Waals surface area (Å²) in [5, 5.41) is 6.63. The molecule has 1 aromatic rings. The molecule has 6 nitrogen and oxygen atoms in total. The maximum absolute atomic E-state index is 12.0. The lowest BCUT2D eigenvalue weighted by Crippen LogP contribution is -2.39. The Hall–Kier alpha value is -1.03. The van der Waals surface area contributed by atoms with E-state index < -0.39 is 0 Å². The number of aliphatic imine (C=N–C) groups is 1. The van der Waals surface area contributed by atoms with E-state index in [0.717, 1.165) is 67.2 Å². The number of guanidine groups is 1. The molecule has 1 aliphatic heterocycles. The van der Waals surface area contributed by atoms with Crippen LogP contribution in [0.15, 0.2) is 27.7 Å². The van der Waals surface area contributed by atoms with E-state index in [1.54, 1.807) is 7.11 Å². The van der Waals surface area contributed by atoms with Crippen molar-refractivity contribution in [2.45, 2.75) is 45.6 Å². The molecule has 2 rings (SSSR count). The highest BCUT2D eigenvalue weighted by molar-refractivity contribution is 14.0. The van der Waals surface area contributed by atoms with Crippen LogP contribution in [0.3, 0.4) is 0 Å². The van der Waals surface area contributed by atoms with Gasteiger partial charge in [-0.3, -0.25) is 4.79 Å². The second-order valence-corrected chi connectivity index (χ2v) is 7.49. The van der Waals surface area contributed by atoms with Crippen LogP contribution >= 0.6 is 39.9 Å². The Bertz CT molecular complexity index is 643. The molecule has 1 aliphatic rings. The minimum atomic E-state index is 0. The molecule has 1 fully saturated rings. The lowest BCUT2D eigenvalue weighted by Gasteiger charge is -2.20. The van der Waals surface area contributed by atoms with Gasteiger partial charge in [0, 0.05) is 32.6 Å². The number of halogens is 2. The SMILES string of the molecule is CCNC(=NCc1ccc(OC)c(Br)c1)NCCCN1CCCCCC1=O.I. The quantitative estimate of drug-likeness (QED) is 0.217. The summed E-state index contributed by atoms with van der Waals surface area (Å²) >= 11 is 3.51. The standard InChI is InChI=1S/C20H31BrN4O2.HI/c1-3-22-20(24-15-16-9-10-18(27-2)17(21)14-16)23-11-7-13-25-12-6-4-5-8-19(25)26;/h9-10,14H,3-8,11-13,15H2,1-2H3,(H2,22,23,24);1H. The number of hydrogen-bond acceptors (Lipinski definition) is 3. The maximum atomic E-state index is 12.0. The lowest BCUT2D eigenvalue weighted by molar-refractivity contribution is -0.130. The van der Waals surface area contributed by atoms with E-state index in [-0.39, 0.29) is 24.0 Å². The molecule has 28 heavy (non-hydrogen) atoms. The molecule has 8 heteroatoms. The zero-order valence-electron chi connectivity index (χ0n) is 16.8. The third-order valence-corrected chi connectivity index (χ3v) is 5.17. The molecule has 1 saturated heterocycles. The van der Waals surface area contributed by atoms with Gasteiger partial charge in [0.05, 0.1) is 18.1 Å².